The summed E-state index contributed by atoms with van der Waals surface area (Å²) in [5.74, 6) is -0.231. The molecular weight excluding hydrogens is 274 g/mol. The number of aliphatic hydroxyl groups excluding tert-OH is 1. The second kappa shape index (κ2) is 12.2. The van der Waals surface area contributed by atoms with Crippen LogP contribution in [0, 0.1) is 0 Å². The van der Waals surface area contributed by atoms with Gasteiger partial charge in [-0.25, -0.2) is 0 Å². The standard InChI is InChI=1S/C19H31NO2/c1-2-3-4-5-6-7-8-9-10-15-20-18-13-11-17(12-14-18)19(22)16-21/h11-14,20-21H,2-10,15-16H2,1H3. The van der Waals surface area contributed by atoms with Gasteiger partial charge in [-0.05, 0) is 30.7 Å². The van der Waals surface area contributed by atoms with Gasteiger partial charge in [-0.2, -0.15) is 0 Å². The van der Waals surface area contributed by atoms with Crippen LogP contribution in [-0.2, 0) is 0 Å². The lowest BCUT2D eigenvalue weighted by molar-refractivity contribution is 0.0904. The number of nitrogens with one attached hydrogen (secondary N) is 1. The third kappa shape index (κ3) is 8.18. The second-order valence-corrected chi connectivity index (χ2v) is 5.91. The molecule has 0 amide bonds. The second-order valence-electron chi connectivity index (χ2n) is 5.91. The van der Waals surface area contributed by atoms with Crippen LogP contribution in [-0.4, -0.2) is 24.0 Å². The third-order valence-electron chi connectivity index (χ3n) is 3.96. The van der Waals surface area contributed by atoms with Crippen molar-refractivity contribution >= 4 is 11.5 Å². The van der Waals surface area contributed by atoms with Gasteiger partial charge in [-0.3, -0.25) is 4.79 Å². The molecule has 0 atom stereocenters. The van der Waals surface area contributed by atoms with Crippen LogP contribution in [0.15, 0.2) is 24.3 Å². The van der Waals surface area contributed by atoms with E-state index in [-0.39, 0.29) is 5.78 Å². The first-order valence-corrected chi connectivity index (χ1v) is 8.76. The first-order valence-electron chi connectivity index (χ1n) is 8.76. The molecule has 0 radical (unpaired) electrons. The van der Waals surface area contributed by atoms with Crippen molar-refractivity contribution in [1.82, 2.24) is 0 Å². The molecule has 0 aliphatic heterocycles. The van der Waals surface area contributed by atoms with Crippen LogP contribution in [0.1, 0.15) is 75.1 Å². The fraction of sp³-hybridized carbons (Fsp3) is 0.632. The molecule has 0 aliphatic carbocycles. The molecule has 3 nitrogen and oxygen atoms in total. The molecule has 0 aromatic heterocycles. The molecule has 2 N–H and O–H groups in total. The Bertz CT molecular complexity index is 400. The molecule has 3 heteroatoms. The minimum atomic E-state index is -0.425. The highest BCUT2D eigenvalue weighted by atomic mass is 16.3. The highest BCUT2D eigenvalue weighted by Crippen LogP contribution is 2.12. The first-order chi connectivity index (χ1) is 10.8. The van der Waals surface area contributed by atoms with E-state index in [0.29, 0.717) is 5.56 Å². The number of carbonyl (C=O) groups excluding carboxylic acids is 1. The van der Waals surface area contributed by atoms with Gasteiger partial charge in [0.2, 0.25) is 0 Å². The molecule has 1 aromatic carbocycles. The summed E-state index contributed by atoms with van der Waals surface area (Å²) in [6.07, 6.45) is 12.0. The topological polar surface area (TPSA) is 49.3 Å². The summed E-state index contributed by atoms with van der Waals surface area (Å²) in [5.41, 5.74) is 1.60. The Labute approximate surface area is 135 Å². The average Bonchev–Trinajstić information content (AvgIpc) is 2.56. The Hall–Kier alpha value is -1.35. The van der Waals surface area contributed by atoms with E-state index in [4.69, 9.17) is 5.11 Å². The summed E-state index contributed by atoms with van der Waals surface area (Å²) >= 11 is 0. The lowest BCUT2D eigenvalue weighted by atomic mass is 10.1. The Morgan fingerprint density at radius 3 is 2.00 bits per heavy atom. The van der Waals surface area contributed by atoms with Gasteiger partial charge in [0.05, 0.1) is 0 Å². The van der Waals surface area contributed by atoms with E-state index in [0.717, 1.165) is 12.2 Å². The maximum Gasteiger partial charge on any atom is 0.188 e. The van der Waals surface area contributed by atoms with Crippen molar-refractivity contribution in [2.75, 3.05) is 18.5 Å². The minimum Gasteiger partial charge on any atom is -0.388 e. The van der Waals surface area contributed by atoms with Crippen molar-refractivity contribution in [3.05, 3.63) is 29.8 Å². The number of Topliss-reactive ketones (excluding diaryl/α,β-unsaturated/α-hetero) is 1. The van der Waals surface area contributed by atoms with E-state index < -0.39 is 6.61 Å². The summed E-state index contributed by atoms with van der Waals surface area (Å²) in [5, 5.41) is 12.2. The molecule has 0 saturated carbocycles. The van der Waals surface area contributed by atoms with Gasteiger partial charge >= 0.3 is 0 Å². The van der Waals surface area contributed by atoms with E-state index >= 15 is 0 Å². The molecule has 0 aliphatic rings. The minimum absolute atomic E-state index is 0.231. The van der Waals surface area contributed by atoms with Gasteiger partial charge in [-0.1, -0.05) is 58.3 Å². The molecule has 0 saturated heterocycles. The quantitative estimate of drug-likeness (QED) is 0.406. The Balaban J connectivity index is 2.01. The molecule has 1 rings (SSSR count). The number of benzene rings is 1. The zero-order valence-corrected chi connectivity index (χ0v) is 13.9. The summed E-state index contributed by atoms with van der Waals surface area (Å²) in [4.78, 5) is 11.3. The van der Waals surface area contributed by atoms with Crippen LogP contribution in [0.4, 0.5) is 5.69 Å². The Kier molecular flexibility index (Phi) is 10.4. The summed E-state index contributed by atoms with van der Waals surface area (Å²) in [7, 11) is 0. The van der Waals surface area contributed by atoms with Crippen LogP contribution in [0.5, 0.6) is 0 Å². The number of rotatable bonds is 13. The number of aliphatic hydroxyl groups is 1. The molecular formula is C19H31NO2. The van der Waals surface area contributed by atoms with E-state index in [1.54, 1.807) is 12.1 Å². The molecule has 0 unspecified atom stereocenters. The average molecular weight is 305 g/mol. The van der Waals surface area contributed by atoms with Crippen molar-refractivity contribution in [3.63, 3.8) is 0 Å². The van der Waals surface area contributed by atoms with E-state index in [1.165, 1.54) is 57.8 Å². The normalized spacial score (nSPS) is 10.6. The van der Waals surface area contributed by atoms with Gasteiger partial charge in [0.15, 0.2) is 5.78 Å². The largest absolute Gasteiger partial charge is 0.388 e. The summed E-state index contributed by atoms with van der Waals surface area (Å²) in [6, 6.07) is 7.32. The van der Waals surface area contributed by atoms with Gasteiger partial charge in [0.1, 0.15) is 6.61 Å². The molecule has 22 heavy (non-hydrogen) atoms. The highest BCUT2D eigenvalue weighted by Gasteiger charge is 2.02. The zero-order valence-electron chi connectivity index (χ0n) is 13.9. The fourth-order valence-corrected chi connectivity index (χ4v) is 2.53. The third-order valence-corrected chi connectivity index (χ3v) is 3.96. The predicted molar refractivity (Wildman–Crippen MR) is 93.6 cm³/mol. The van der Waals surface area contributed by atoms with Crippen molar-refractivity contribution in [3.8, 4) is 0 Å². The lowest BCUT2D eigenvalue weighted by Crippen LogP contribution is -2.05. The Morgan fingerprint density at radius 2 is 1.45 bits per heavy atom. The van der Waals surface area contributed by atoms with Gasteiger partial charge < -0.3 is 10.4 Å². The number of unbranched alkanes of at least 4 members (excludes halogenated alkanes) is 8. The number of anilines is 1. The number of carbonyl (C=O) groups is 1. The van der Waals surface area contributed by atoms with E-state index in [1.807, 2.05) is 12.1 Å². The van der Waals surface area contributed by atoms with Gasteiger partial charge in [0.25, 0.3) is 0 Å². The zero-order chi connectivity index (χ0) is 16.0. The van der Waals surface area contributed by atoms with Crippen LogP contribution >= 0.6 is 0 Å². The van der Waals surface area contributed by atoms with E-state index in [9.17, 15) is 4.79 Å². The predicted octanol–water partition coefficient (Wildman–Crippen LogP) is 4.80. The lowest BCUT2D eigenvalue weighted by Gasteiger charge is -2.07. The maximum atomic E-state index is 11.3. The van der Waals surface area contributed by atoms with Crippen molar-refractivity contribution in [2.24, 2.45) is 0 Å². The molecule has 0 heterocycles. The Morgan fingerprint density at radius 1 is 0.909 bits per heavy atom. The van der Waals surface area contributed by atoms with Crippen LogP contribution in [0.25, 0.3) is 0 Å². The van der Waals surface area contributed by atoms with Crippen molar-refractivity contribution in [2.45, 2.75) is 64.7 Å². The van der Waals surface area contributed by atoms with Gasteiger partial charge in [0, 0.05) is 17.8 Å². The smallest absolute Gasteiger partial charge is 0.188 e. The number of ketones is 1. The monoisotopic (exact) mass is 305 g/mol. The van der Waals surface area contributed by atoms with Gasteiger partial charge in [-0.15, -0.1) is 0 Å². The molecule has 0 spiro atoms. The molecule has 124 valence electrons. The molecule has 0 bridgehead atoms. The van der Waals surface area contributed by atoms with Crippen LogP contribution in [0.3, 0.4) is 0 Å². The van der Waals surface area contributed by atoms with E-state index in [2.05, 4.69) is 12.2 Å². The maximum absolute atomic E-state index is 11.3. The molecule has 0 fully saturated rings. The van der Waals surface area contributed by atoms with Crippen LogP contribution < -0.4 is 5.32 Å². The first kappa shape index (κ1) is 18.7. The highest BCUT2D eigenvalue weighted by molar-refractivity contribution is 5.97. The van der Waals surface area contributed by atoms with Crippen molar-refractivity contribution < 1.29 is 9.90 Å². The van der Waals surface area contributed by atoms with Crippen LogP contribution in [0.2, 0.25) is 0 Å². The summed E-state index contributed by atoms with van der Waals surface area (Å²) in [6.45, 7) is 2.80. The molecule has 1 aromatic rings. The SMILES string of the molecule is CCCCCCCCCCCNc1ccc(C(=O)CO)cc1. The number of hydrogen-bond donors (Lipinski definition) is 2. The fourth-order valence-electron chi connectivity index (χ4n) is 2.53. The van der Waals surface area contributed by atoms with Crippen molar-refractivity contribution in [1.29, 1.82) is 0 Å². The number of hydrogen-bond acceptors (Lipinski definition) is 3. The summed E-state index contributed by atoms with van der Waals surface area (Å²) < 4.78 is 0.